The van der Waals surface area contributed by atoms with Gasteiger partial charge in [0.05, 0.1) is 18.4 Å². The summed E-state index contributed by atoms with van der Waals surface area (Å²) in [6.45, 7) is 9.81. The van der Waals surface area contributed by atoms with Crippen molar-refractivity contribution in [1.82, 2.24) is 9.80 Å². The number of ether oxygens (including phenoxy) is 1. The molecular formula is C24H32N2O3. The first-order valence-electron chi connectivity index (χ1n) is 10.8. The molecule has 5 heteroatoms. The Kier molecular flexibility index (Phi) is 5.95. The van der Waals surface area contributed by atoms with Crippen LogP contribution in [-0.4, -0.2) is 48.5 Å². The first-order valence-corrected chi connectivity index (χ1v) is 10.8. The number of benzene rings is 1. The van der Waals surface area contributed by atoms with Crippen molar-refractivity contribution < 1.29 is 13.9 Å². The number of amides is 1. The van der Waals surface area contributed by atoms with Gasteiger partial charge in [-0.25, -0.2) is 0 Å². The molecule has 2 saturated heterocycles. The molecule has 2 aliphatic rings. The summed E-state index contributed by atoms with van der Waals surface area (Å²) in [6.07, 6.45) is 6.55. The van der Waals surface area contributed by atoms with E-state index in [4.69, 9.17) is 9.15 Å². The second-order valence-corrected chi connectivity index (χ2v) is 9.12. The predicted octanol–water partition coefficient (Wildman–Crippen LogP) is 4.44. The molecule has 0 saturated carbocycles. The van der Waals surface area contributed by atoms with Crippen molar-refractivity contribution in [2.75, 3.05) is 32.8 Å². The van der Waals surface area contributed by atoms with Gasteiger partial charge < -0.3 is 14.1 Å². The van der Waals surface area contributed by atoms with E-state index >= 15 is 0 Å². The Hall–Kier alpha value is -2.27. The molecule has 0 N–H and O–H groups in total. The number of likely N-dealkylation sites (tertiary alicyclic amines) is 2. The van der Waals surface area contributed by atoms with E-state index < -0.39 is 0 Å². The van der Waals surface area contributed by atoms with Crippen LogP contribution in [0.2, 0.25) is 0 Å². The van der Waals surface area contributed by atoms with Gasteiger partial charge in [0.25, 0.3) is 5.91 Å². The van der Waals surface area contributed by atoms with E-state index in [-0.39, 0.29) is 11.3 Å². The molecule has 1 atom stereocenters. The highest BCUT2D eigenvalue weighted by atomic mass is 16.5. The highest BCUT2D eigenvalue weighted by Gasteiger charge is 2.42. The van der Waals surface area contributed by atoms with Gasteiger partial charge in [-0.05, 0) is 43.9 Å². The Balaban J connectivity index is 1.39. The molecular weight excluding hydrogens is 364 g/mol. The third kappa shape index (κ3) is 4.67. The van der Waals surface area contributed by atoms with Gasteiger partial charge in [-0.3, -0.25) is 9.69 Å². The zero-order valence-electron chi connectivity index (χ0n) is 17.6. The van der Waals surface area contributed by atoms with E-state index in [1.165, 1.54) is 12.0 Å². The Labute approximate surface area is 173 Å². The molecule has 5 nitrogen and oxygen atoms in total. The van der Waals surface area contributed by atoms with Gasteiger partial charge >= 0.3 is 0 Å². The van der Waals surface area contributed by atoms with Gasteiger partial charge in [0.2, 0.25) is 0 Å². The van der Waals surface area contributed by atoms with Crippen LogP contribution in [-0.2, 0) is 6.54 Å². The molecule has 1 aromatic carbocycles. The smallest absolute Gasteiger partial charge is 0.257 e. The fraction of sp³-hybridized carbons (Fsp3) is 0.542. The minimum Gasteiger partial charge on any atom is -0.493 e. The van der Waals surface area contributed by atoms with Crippen LogP contribution in [0, 0.1) is 11.3 Å². The summed E-state index contributed by atoms with van der Waals surface area (Å²) in [4.78, 5) is 17.3. The maximum atomic E-state index is 12.8. The molecule has 1 aromatic heterocycles. The number of rotatable bonds is 6. The van der Waals surface area contributed by atoms with Crippen LogP contribution in [0.15, 0.2) is 47.3 Å². The molecule has 0 aliphatic carbocycles. The quantitative estimate of drug-likeness (QED) is 0.724. The highest BCUT2D eigenvalue weighted by Crippen LogP contribution is 2.40. The zero-order valence-corrected chi connectivity index (χ0v) is 17.6. The fourth-order valence-electron chi connectivity index (χ4n) is 4.72. The monoisotopic (exact) mass is 396 g/mol. The first kappa shape index (κ1) is 20.0. The molecule has 2 aliphatic heterocycles. The maximum Gasteiger partial charge on any atom is 0.257 e. The number of hydrogen-bond donors (Lipinski definition) is 0. The lowest BCUT2D eigenvalue weighted by Gasteiger charge is -2.40. The molecule has 156 valence electrons. The van der Waals surface area contributed by atoms with Crippen molar-refractivity contribution in [3.05, 3.63) is 54.0 Å². The van der Waals surface area contributed by atoms with E-state index in [1.54, 1.807) is 18.6 Å². The normalized spacial score (nSPS) is 22.5. The van der Waals surface area contributed by atoms with Gasteiger partial charge in [0, 0.05) is 37.2 Å². The second-order valence-electron chi connectivity index (χ2n) is 9.12. The molecule has 3 heterocycles. The van der Waals surface area contributed by atoms with E-state index in [2.05, 4.69) is 36.9 Å². The summed E-state index contributed by atoms with van der Waals surface area (Å²) in [7, 11) is 0. The predicted molar refractivity (Wildman–Crippen MR) is 113 cm³/mol. The van der Waals surface area contributed by atoms with Crippen LogP contribution in [0.5, 0.6) is 5.75 Å². The van der Waals surface area contributed by atoms with Crippen LogP contribution in [0.1, 0.15) is 49.0 Å². The van der Waals surface area contributed by atoms with Crippen LogP contribution in [0.3, 0.4) is 0 Å². The lowest BCUT2D eigenvalue weighted by atomic mass is 9.79. The van der Waals surface area contributed by atoms with Crippen LogP contribution in [0.25, 0.3) is 0 Å². The minimum absolute atomic E-state index is 0.101. The van der Waals surface area contributed by atoms with Crippen molar-refractivity contribution >= 4 is 5.91 Å². The highest BCUT2D eigenvalue weighted by molar-refractivity contribution is 5.93. The van der Waals surface area contributed by atoms with E-state index in [1.807, 2.05) is 11.0 Å². The Morgan fingerprint density at radius 3 is 2.83 bits per heavy atom. The Morgan fingerprint density at radius 1 is 1.17 bits per heavy atom. The SMILES string of the molecule is CC(C)COc1ccccc1CN1CCC2(CCCN(C(=O)c3ccoc3)C2)C1. The third-order valence-electron chi connectivity index (χ3n) is 6.17. The Morgan fingerprint density at radius 2 is 2.03 bits per heavy atom. The number of carbonyl (C=O) groups excluding carboxylic acids is 1. The molecule has 29 heavy (non-hydrogen) atoms. The van der Waals surface area contributed by atoms with E-state index in [9.17, 15) is 4.79 Å². The summed E-state index contributed by atoms with van der Waals surface area (Å²) in [5, 5.41) is 0. The Bertz CT molecular complexity index is 817. The molecule has 4 rings (SSSR count). The van der Waals surface area contributed by atoms with Gasteiger partial charge in [0.1, 0.15) is 12.0 Å². The summed E-state index contributed by atoms with van der Waals surface area (Å²) in [5.74, 6) is 1.62. The van der Waals surface area contributed by atoms with Gasteiger partial charge in [-0.15, -0.1) is 0 Å². The number of carbonyl (C=O) groups is 1. The molecule has 1 amide bonds. The van der Waals surface area contributed by atoms with Crippen LogP contribution >= 0.6 is 0 Å². The van der Waals surface area contributed by atoms with Crippen molar-refractivity contribution in [2.24, 2.45) is 11.3 Å². The lowest BCUT2D eigenvalue weighted by molar-refractivity contribution is 0.0526. The molecule has 1 unspecified atom stereocenters. The second kappa shape index (κ2) is 8.62. The first-order chi connectivity index (χ1) is 14.0. The minimum atomic E-state index is 0.101. The van der Waals surface area contributed by atoms with Gasteiger partial charge in [-0.2, -0.15) is 0 Å². The fourth-order valence-corrected chi connectivity index (χ4v) is 4.72. The molecule has 2 aromatic rings. The van der Waals surface area contributed by atoms with E-state index in [0.717, 1.165) is 57.9 Å². The maximum absolute atomic E-state index is 12.8. The zero-order chi connectivity index (χ0) is 20.3. The van der Waals surface area contributed by atoms with Crippen molar-refractivity contribution in [1.29, 1.82) is 0 Å². The van der Waals surface area contributed by atoms with Crippen LogP contribution < -0.4 is 4.74 Å². The van der Waals surface area contributed by atoms with Crippen LogP contribution in [0.4, 0.5) is 0 Å². The van der Waals surface area contributed by atoms with Crippen molar-refractivity contribution in [2.45, 2.75) is 39.7 Å². The number of furan rings is 1. The summed E-state index contributed by atoms with van der Waals surface area (Å²) < 4.78 is 11.2. The average Bonchev–Trinajstić information content (AvgIpc) is 3.38. The number of para-hydroxylation sites is 1. The van der Waals surface area contributed by atoms with E-state index in [0.29, 0.717) is 11.5 Å². The van der Waals surface area contributed by atoms with Gasteiger partial charge in [0.15, 0.2) is 0 Å². The molecule has 1 spiro atoms. The number of nitrogens with zero attached hydrogens (tertiary/aromatic N) is 2. The molecule has 2 fully saturated rings. The van der Waals surface area contributed by atoms with Crippen molar-refractivity contribution in [3.8, 4) is 5.75 Å². The topological polar surface area (TPSA) is 45.9 Å². The van der Waals surface area contributed by atoms with Crippen molar-refractivity contribution in [3.63, 3.8) is 0 Å². The summed E-state index contributed by atoms with van der Waals surface area (Å²) in [6, 6.07) is 10.2. The third-order valence-corrected chi connectivity index (χ3v) is 6.17. The molecule has 0 radical (unpaired) electrons. The standard InChI is InChI=1S/C24H32N2O3/c1-19(2)15-29-22-7-4-3-6-20(22)14-25-12-10-24(17-25)9-5-11-26(18-24)23(27)21-8-13-28-16-21/h3-4,6-8,13,16,19H,5,9-12,14-15,17-18H2,1-2H3. The largest absolute Gasteiger partial charge is 0.493 e. The number of hydrogen-bond acceptors (Lipinski definition) is 4. The summed E-state index contributed by atoms with van der Waals surface area (Å²) in [5.41, 5.74) is 2.13. The van der Waals surface area contributed by atoms with Gasteiger partial charge in [-0.1, -0.05) is 32.0 Å². The number of piperidine rings is 1. The lowest BCUT2D eigenvalue weighted by Crippen LogP contribution is -2.47. The average molecular weight is 397 g/mol. The summed E-state index contributed by atoms with van der Waals surface area (Å²) >= 11 is 0. The molecule has 0 bridgehead atoms.